The predicted molar refractivity (Wildman–Crippen MR) is 268 cm³/mol. The van der Waals surface area contributed by atoms with Crippen LogP contribution in [0.25, 0.3) is 43.8 Å². The number of rotatable bonds is 4. The first-order chi connectivity index (χ1) is 28.8. The summed E-state index contributed by atoms with van der Waals surface area (Å²) in [5, 5.41) is 5.57. The van der Waals surface area contributed by atoms with E-state index in [0.29, 0.717) is 0 Å². The van der Waals surface area contributed by atoms with E-state index < -0.39 is 22.3 Å². The standard InChI is InChI=1S/C29H41.2C13H10.C5H5.2ClH.Zr/c1-26(2,3)22-14-18-13-19-15-23(27(4,5)6)25(29(10,11)12)17-21(19)20(18)16-24(22)28(7,8)9;2*1-11-7-9-13(10-8-11)12-5-3-2-4-6-12;1-2-4-5-3-1;;;/h13-17H,1-12H3;2*1-10H;1-3H,4H2;2*1H;/q-1;;;-1;;;/p-2. The molecule has 7 aromatic rings. The minimum absolute atomic E-state index is 0. The molecular formula is C60H66Cl2Zr-4. The molecule has 0 saturated carbocycles. The summed E-state index contributed by atoms with van der Waals surface area (Å²) in [6.07, 6.45) is 10.0. The molecule has 0 spiro atoms. The SMILES string of the molecule is CC(C)(C)c1cc2[cH-]c3cc(C(C)(C)C)c(C(C)(C)C)cc3c2cc1C(C)(C)C.[C-]1=CC=CC1.[CH](=[Zr]=[CH]c1ccc(-c2ccccc2)cc1)c1ccc(-c2ccccc2)cc1.[Cl-].[Cl-]. The molecule has 0 radical (unpaired) electrons. The Hall–Kier alpha value is -4.13. The fourth-order valence-corrected chi connectivity index (χ4v) is 10.1. The van der Waals surface area contributed by atoms with Gasteiger partial charge in [0.05, 0.1) is 0 Å². The second-order valence-corrected chi connectivity index (χ2v) is 22.8. The molecule has 0 N–H and O–H groups in total. The Morgan fingerprint density at radius 1 is 0.444 bits per heavy atom. The van der Waals surface area contributed by atoms with Crippen LogP contribution in [0.1, 0.15) is 123 Å². The van der Waals surface area contributed by atoms with Crippen LogP contribution in [0.4, 0.5) is 0 Å². The Morgan fingerprint density at radius 3 is 1.06 bits per heavy atom. The van der Waals surface area contributed by atoms with Crippen molar-refractivity contribution in [1.29, 1.82) is 0 Å². The molecule has 0 bridgehead atoms. The third-order valence-electron chi connectivity index (χ3n) is 11.3. The molecule has 0 atom stereocenters. The summed E-state index contributed by atoms with van der Waals surface area (Å²) in [6, 6.07) is 51.2. The number of halogens is 2. The van der Waals surface area contributed by atoms with Crippen LogP contribution < -0.4 is 24.8 Å². The molecule has 3 heteroatoms. The Bertz CT molecular complexity index is 2490. The molecule has 0 unspecified atom stereocenters. The number of benzene rings is 6. The second-order valence-electron chi connectivity index (χ2n) is 20.5. The molecule has 0 fully saturated rings. The summed E-state index contributed by atoms with van der Waals surface area (Å²) in [4.78, 5) is 0. The molecule has 0 amide bonds. The molecule has 0 aliphatic heterocycles. The van der Waals surface area contributed by atoms with Crippen LogP contribution in [0.5, 0.6) is 0 Å². The van der Waals surface area contributed by atoms with Crippen molar-refractivity contribution in [3.63, 3.8) is 0 Å². The van der Waals surface area contributed by atoms with Gasteiger partial charge in [-0.05, 0) is 21.7 Å². The van der Waals surface area contributed by atoms with Gasteiger partial charge in [0.2, 0.25) is 0 Å². The molecule has 1 aliphatic rings. The molecule has 8 rings (SSSR count). The zero-order chi connectivity index (χ0) is 44.0. The van der Waals surface area contributed by atoms with Crippen LogP contribution in [-0.2, 0) is 43.9 Å². The molecule has 0 saturated heterocycles. The zero-order valence-electron chi connectivity index (χ0n) is 39.6. The third-order valence-corrected chi connectivity index (χ3v) is 13.8. The maximum Gasteiger partial charge on any atom is -1.00 e. The molecule has 1 aliphatic carbocycles. The van der Waals surface area contributed by atoms with Crippen LogP contribution in [0.3, 0.4) is 0 Å². The van der Waals surface area contributed by atoms with Crippen molar-refractivity contribution in [1.82, 2.24) is 0 Å². The van der Waals surface area contributed by atoms with E-state index >= 15 is 0 Å². The Kier molecular flexibility index (Phi) is 17.7. The van der Waals surface area contributed by atoms with E-state index in [-0.39, 0.29) is 46.5 Å². The average molecular weight is 949 g/mol. The zero-order valence-corrected chi connectivity index (χ0v) is 43.6. The van der Waals surface area contributed by atoms with Gasteiger partial charge in [0, 0.05) is 0 Å². The fourth-order valence-electron chi connectivity index (χ4n) is 7.97. The monoisotopic (exact) mass is 946 g/mol. The van der Waals surface area contributed by atoms with Crippen molar-refractivity contribution in [2.75, 3.05) is 0 Å². The maximum absolute atomic E-state index is 2.99. The summed E-state index contributed by atoms with van der Waals surface area (Å²) in [5.74, 6) is 0. The van der Waals surface area contributed by atoms with Crippen molar-refractivity contribution in [2.45, 2.75) is 111 Å². The van der Waals surface area contributed by atoms with Crippen LogP contribution in [0.15, 0.2) is 158 Å². The molecule has 0 aromatic heterocycles. The molecule has 7 aromatic carbocycles. The number of fused-ring (bicyclic) bond motifs is 3. The van der Waals surface area contributed by atoms with Crippen molar-refractivity contribution < 1.29 is 47.1 Å². The summed E-state index contributed by atoms with van der Waals surface area (Å²) in [6.45, 7) is 28.0. The fraction of sp³-hybridized carbons (Fsp3) is 0.283. The smallest absolute Gasteiger partial charge is 1.00 e. The first kappa shape index (κ1) is 51.5. The van der Waals surface area contributed by atoms with E-state index in [9.17, 15) is 0 Å². The molecule has 63 heavy (non-hydrogen) atoms. The van der Waals surface area contributed by atoms with Gasteiger partial charge >= 0.3 is 172 Å². The van der Waals surface area contributed by atoms with Crippen LogP contribution >= 0.6 is 0 Å². The van der Waals surface area contributed by atoms with Crippen molar-refractivity contribution >= 4 is 29.0 Å². The average Bonchev–Trinajstić information content (AvgIpc) is 3.92. The van der Waals surface area contributed by atoms with Gasteiger partial charge in [0.1, 0.15) is 0 Å². The molecular weight excluding hydrogens is 883 g/mol. The van der Waals surface area contributed by atoms with Gasteiger partial charge < -0.3 is 24.8 Å². The van der Waals surface area contributed by atoms with E-state index in [0.717, 1.165) is 6.42 Å². The van der Waals surface area contributed by atoms with E-state index in [1.54, 1.807) is 0 Å². The first-order valence-electron chi connectivity index (χ1n) is 22.0. The quantitative estimate of drug-likeness (QED) is 0.154. The summed E-state index contributed by atoms with van der Waals surface area (Å²) < 4.78 is 4.87. The minimum atomic E-state index is -0.679. The third kappa shape index (κ3) is 13.7. The van der Waals surface area contributed by atoms with E-state index in [2.05, 4.69) is 242 Å². The summed E-state index contributed by atoms with van der Waals surface area (Å²) in [7, 11) is 0. The van der Waals surface area contributed by atoms with Gasteiger partial charge in [-0.3, -0.25) is 6.08 Å². The van der Waals surface area contributed by atoms with Crippen molar-refractivity contribution in [3.8, 4) is 22.3 Å². The number of hydrogen-bond donors (Lipinski definition) is 0. The van der Waals surface area contributed by atoms with Gasteiger partial charge in [-0.2, -0.15) is 6.08 Å². The number of allylic oxidation sites excluding steroid dienone is 4. The van der Waals surface area contributed by atoms with Crippen molar-refractivity contribution in [3.05, 3.63) is 197 Å². The second kappa shape index (κ2) is 21.7. The Labute approximate surface area is 403 Å². The Morgan fingerprint density at radius 2 is 0.778 bits per heavy atom. The predicted octanol–water partition coefficient (Wildman–Crippen LogP) is 10.3. The largest absolute Gasteiger partial charge is 1.00 e. The summed E-state index contributed by atoms with van der Waals surface area (Å²) in [5.41, 5.74) is 14.2. The van der Waals surface area contributed by atoms with Gasteiger partial charge in [-0.25, -0.2) is 12.2 Å². The van der Waals surface area contributed by atoms with E-state index in [1.165, 1.54) is 77.2 Å². The van der Waals surface area contributed by atoms with Crippen LogP contribution in [0, 0.1) is 6.08 Å². The molecule has 0 nitrogen and oxygen atoms in total. The van der Waals surface area contributed by atoms with Crippen molar-refractivity contribution in [2.24, 2.45) is 0 Å². The van der Waals surface area contributed by atoms with E-state index in [1.807, 2.05) is 12.2 Å². The minimum Gasteiger partial charge on any atom is -1.00 e. The maximum atomic E-state index is 2.99. The first-order valence-corrected chi connectivity index (χ1v) is 24.8. The summed E-state index contributed by atoms with van der Waals surface area (Å²) >= 11 is -0.679. The van der Waals surface area contributed by atoms with Gasteiger partial charge in [0.15, 0.2) is 0 Å². The van der Waals surface area contributed by atoms with Gasteiger partial charge in [-0.15, -0.1) is 46.2 Å². The Balaban J connectivity index is 0.000000242. The normalized spacial score (nSPS) is 12.3. The topological polar surface area (TPSA) is 0 Å². The van der Waals surface area contributed by atoms with Crippen LogP contribution in [0.2, 0.25) is 0 Å². The van der Waals surface area contributed by atoms with Crippen LogP contribution in [-0.4, -0.2) is 7.42 Å². The molecule has 328 valence electrons. The molecule has 0 heterocycles. The van der Waals surface area contributed by atoms with Gasteiger partial charge in [-0.1, -0.05) is 117 Å². The number of hydrogen-bond acceptors (Lipinski definition) is 0. The van der Waals surface area contributed by atoms with Gasteiger partial charge in [0.25, 0.3) is 0 Å². The van der Waals surface area contributed by atoms with E-state index in [4.69, 9.17) is 0 Å².